The van der Waals surface area contributed by atoms with Gasteiger partial charge in [0.25, 0.3) is 0 Å². The molecule has 86 valence electrons. The molecule has 0 fully saturated rings. The quantitative estimate of drug-likeness (QED) is 0.441. The number of aldehydes is 1. The summed E-state index contributed by atoms with van der Waals surface area (Å²) >= 11 is 0. The van der Waals surface area contributed by atoms with Gasteiger partial charge >= 0.3 is 0 Å². The van der Waals surface area contributed by atoms with Gasteiger partial charge in [0.2, 0.25) is 0 Å². The fraction of sp³-hybridized carbons (Fsp3) is 0. The maximum absolute atomic E-state index is 11.0. The molecule has 0 saturated carbocycles. The first-order valence-electron chi connectivity index (χ1n) is 5.67. The zero-order valence-corrected chi connectivity index (χ0v) is 9.84. The number of carbonyl (C=O) groups excluding carboxylic acids is 1. The van der Waals surface area contributed by atoms with Crippen LogP contribution in [0.5, 0.6) is 0 Å². The second-order valence-corrected chi connectivity index (χ2v) is 3.74. The molecule has 0 amide bonds. The van der Waals surface area contributed by atoms with E-state index in [2.05, 4.69) is 11.8 Å². The summed E-state index contributed by atoms with van der Waals surface area (Å²) < 4.78 is 0. The van der Waals surface area contributed by atoms with E-state index < -0.39 is 0 Å². The molecule has 0 bridgehead atoms. The molecule has 0 aliphatic carbocycles. The Labute approximate surface area is 107 Å². The lowest BCUT2D eigenvalue weighted by atomic mass is 10.1. The second kappa shape index (κ2) is 6.22. The molecule has 0 N–H and O–H groups in total. The summed E-state index contributed by atoms with van der Waals surface area (Å²) in [6, 6.07) is 19.3. The lowest BCUT2D eigenvalue weighted by molar-refractivity contribution is -0.104. The first-order chi connectivity index (χ1) is 8.88. The Bertz CT molecular complexity index is 598. The van der Waals surface area contributed by atoms with Gasteiger partial charge in [0.05, 0.1) is 5.57 Å². The summed E-state index contributed by atoms with van der Waals surface area (Å²) in [6.45, 7) is 0. The van der Waals surface area contributed by atoms with Crippen LogP contribution in [0.4, 0.5) is 0 Å². The van der Waals surface area contributed by atoms with Gasteiger partial charge in [-0.2, -0.15) is 0 Å². The van der Waals surface area contributed by atoms with Gasteiger partial charge in [-0.1, -0.05) is 60.4 Å². The third kappa shape index (κ3) is 3.47. The maximum Gasteiger partial charge on any atom is 0.158 e. The Morgan fingerprint density at radius 2 is 1.50 bits per heavy atom. The summed E-state index contributed by atoms with van der Waals surface area (Å²) in [6.07, 6.45) is 2.56. The molecule has 0 heterocycles. The van der Waals surface area contributed by atoms with Gasteiger partial charge in [-0.3, -0.25) is 4.79 Å². The standard InChI is InChI=1S/C17H12O/c18-14-17(13-16-9-5-2-6-10-16)12-11-15-7-3-1-4-8-15/h1-10,13-14H/b17-13-. The normalized spacial score (nSPS) is 10.3. The molecular formula is C17H12O. The van der Waals surface area contributed by atoms with Crippen molar-refractivity contribution in [3.8, 4) is 11.8 Å². The average Bonchev–Trinajstić information content (AvgIpc) is 2.45. The highest BCUT2D eigenvalue weighted by Crippen LogP contribution is 2.04. The van der Waals surface area contributed by atoms with Gasteiger partial charge in [0, 0.05) is 5.56 Å². The number of hydrogen-bond acceptors (Lipinski definition) is 1. The van der Waals surface area contributed by atoms with E-state index in [-0.39, 0.29) is 0 Å². The number of rotatable bonds is 2. The minimum absolute atomic E-state index is 0.477. The third-order valence-electron chi connectivity index (χ3n) is 2.37. The minimum atomic E-state index is 0.477. The summed E-state index contributed by atoms with van der Waals surface area (Å²) in [5, 5.41) is 0. The molecule has 0 spiro atoms. The van der Waals surface area contributed by atoms with E-state index in [0.717, 1.165) is 17.4 Å². The number of benzene rings is 2. The van der Waals surface area contributed by atoms with Crippen molar-refractivity contribution in [2.75, 3.05) is 0 Å². The molecule has 0 saturated heterocycles. The Kier molecular flexibility index (Phi) is 4.11. The largest absolute Gasteiger partial charge is 0.297 e. The molecule has 1 heteroatoms. The fourth-order valence-corrected chi connectivity index (χ4v) is 1.49. The average molecular weight is 232 g/mol. The molecule has 2 aromatic carbocycles. The van der Waals surface area contributed by atoms with Crippen LogP contribution in [-0.2, 0) is 4.79 Å². The highest BCUT2D eigenvalue weighted by molar-refractivity contribution is 5.88. The van der Waals surface area contributed by atoms with Gasteiger partial charge in [-0.15, -0.1) is 0 Å². The first kappa shape index (κ1) is 11.9. The molecule has 1 nitrogen and oxygen atoms in total. The van der Waals surface area contributed by atoms with E-state index in [1.165, 1.54) is 0 Å². The Morgan fingerprint density at radius 3 is 2.11 bits per heavy atom. The van der Waals surface area contributed by atoms with Crippen molar-refractivity contribution in [2.45, 2.75) is 0 Å². The van der Waals surface area contributed by atoms with Crippen LogP contribution in [0.2, 0.25) is 0 Å². The smallest absolute Gasteiger partial charge is 0.158 e. The van der Waals surface area contributed by atoms with E-state index >= 15 is 0 Å². The molecule has 0 aliphatic heterocycles. The predicted molar refractivity (Wildman–Crippen MR) is 73.8 cm³/mol. The number of carbonyl (C=O) groups is 1. The van der Waals surface area contributed by atoms with Crippen molar-refractivity contribution < 1.29 is 4.79 Å². The highest BCUT2D eigenvalue weighted by atomic mass is 16.1. The zero-order chi connectivity index (χ0) is 12.6. The summed E-state index contributed by atoms with van der Waals surface area (Å²) in [5.41, 5.74) is 2.35. The van der Waals surface area contributed by atoms with Crippen molar-refractivity contribution >= 4 is 12.4 Å². The van der Waals surface area contributed by atoms with Crippen LogP contribution in [0.1, 0.15) is 11.1 Å². The second-order valence-electron chi connectivity index (χ2n) is 3.74. The van der Waals surface area contributed by atoms with Gasteiger partial charge in [0.1, 0.15) is 0 Å². The first-order valence-corrected chi connectivity index (χ1v) is 5.67. The Balaban J connectivity index is 2.24. The molecular weight excluding hydrogens is 220 g/mol. The van der Waals surface area contributed by atoms with Gasteiger partial charge < -0.3 is 0 Å². The minimum Gasteiger partial charge on any atom is -0.297 e. The summed E-state index contributed by atoms with van der Waals surface area (Å²) in [4.78, 5) is 11.0. The van der Waals surface area contributed by atoms with Gasteiger partial charge in [-0.05, 0) is 23.8 Å². The molecule has 0 atom stereocenters. The van der Waals surface area contributed by atoms with Crippen LogP contribution in [0.3, 0.4) is 0 Å². The monoisotopic (exact) mass is 232 g/mol. The van der Waals surface area contributed by atoms with E-state index in [9.17, 15) is 4.79 Å². The van der Waals surface area contributed by atoms with Gasteiger partial charge in [0.15, 0.2) is 6.29 Å². The van der Waals surface area contributed by atoms with Gasteiger partial charge in [-0.25, -0.2) is 0 Å². The van der Waals surface area contributed by atoms with Crippen molar-refractivity contribution in [2.24, 2.45) is 0 Å². The molecule has 2 aromatic rings. The van der Waals surface area contributed by atoms with Crippen LogP contribution in [-0.4, -0.2) is 6.29 Å². The molecule has 0 aromatic heterocycles. The molecule has 18 heavy (non-hydrogen) atoms. The van der Waals surface area contributed by atoms with Crippen LogP contribution < -0.4 is 0 Å². The Morgan fingerprint density at radius 1 is 0.889 bits per heavy atom. The Hall–Kier alpha value is -2.59. The SMILES string of the molecule is O=C/C(C#Cc1ccccc1)=C\c1ccccc1. The number of allylic oxidation sites excluding steroid dienone is 1. The predicted octanol–water partition coefficient (Wildman–Crippen LogP) is 3.32. The van der Waals surface area contributed by atoms with Crippen molar-refractivity contribution in [1.82, 2.24) is 0 Å². The zero-order valence-electron chi connectivity index (χ0n) is 9.84. The molecule has 0 radical (unpaired) electrons. The fourth-order valence-electron chi connectivity index (χ4n) is 1.49. The van der Waals surface area contributed by atoms with Crippen molar-refractivity contribution in [3.63, 3.8) is 0 Å². The lowest BCUT2D eigenvalue weighted by Crippen LogP contribution is -1.81. The topological polar surface area (TPSA) is 17.1 Å². The van der Waals surface area contributed by atoms with Crippen molar-refractivity contribution in [3.05, 3.63) is 77.4 Å². The van der Waals surface area contributed by atoms with Crippen LogP contribution in [0.15, 0.2) is 66.2 Å². The van der Waals surface area contributed by atoms with Crippen LogP contribution >= 0.6 is 0 Å². The van der Waals surface area contributed by atoms with E-state index in [1.54, 1.807) is 6.08 Å². The summed E-state index contributed by atoms with van der Waals surface area (Å²) in [7, 11) is 0. The maximum atomic E-state index is 11.0. The lowest BCUT2D eigenvalue weighted by Gasteiger charge is -1.92. The summed E-state index contributed by atoms with van der Waals surface area (Å²) in [5.74, 6) is 5.84. The molecule has 0 aliphatic rings. The van der Waals surface area contributed by atoms with Crippen molar-refractivity contribution in [1.29, 1.82) is 0 Å². The third-order valence-corrected chi connectivity index (χ3v) is 2.37. The number of hydrogen-bond donors (Lipinski definition) is 0. The van der Waals surface area contributed by atoms with E-state index in [1.807, 2.05) is 60.7 Å². The molecule has 2 rings (SSSR count). The highest BCUT2D eigenvalue weighted by Gasteiger charge is 1.91. The van der Waals surface area contributed by atoms with E-state index in [0.29, 0.717) is 5.57 Å². The van der Waals surface area contributed by atoms with Crippen LogP contribution in [0, 0.1) is 11.8 Å². The molecule has 0 unspecified atom stereocenters. The van der Waals surface area contributed by atoms with E-state index in [4.69, 9.17) is 0 Å². The van der Waals surface area contributed by atoms with Crippen LogP contribution in [0.25, 0.3) is 6.08 Å².